The molecular formula is C20H23N5. The Hall–Kier alpha value is -2.95. The van der Waals surface area contributed by atoms with E-state index >= 15 is 0 Å². The van der Waals surface area contributed by atoms with Gasteiger partial charge in [-0.05, 0) is 25.5 Å². The number of anilines is 2. The van der Waals surface area contributed by atoms with Gasteiger partial charge in [0.05, 0.1) is 0 Å². The molecule has 0 saturated carbocycles. The molecule has 0 aliphatic carbocycles. The highest BCUT2D eigenvalue weighted by molar-refractivity contribution is 5.50. The lowest BCUT2D eigenvalue weighted by molar-refractivity contribution is 0.880. The van der Waals surface area contributed by atoms with Crippen LogP contribution in [0.3, 0.4) is 0 Å². The second-order valence-corrected chi connectivity index (χ2v) is 6.11. The van der Waals surface area contributed by atoms with Gasteiger partial charge in [0.15, 0.2) is 0 Å². The van der Waals surface area contributed by atoms with Crippen molar-refractivity contribution in [3.05, 3.63) is 77.4 Å². The third kappa shape index (κ3) is 4.12. The van der Waals surface area contributed by atoms with Crippen LogP contribution in [0, 0.1) is 13.8 Å². The molecule has 3 rings (SSSR count). The maximum atomic E-state index is 4.58. The van der Waals surface area contributed by atoms with Crippen molar-refractivity contribution in [3.63, 3.8) is 0 Å². The fourth-order valence-corrected chi connectivity index (χ4v) is 2.74. The van der Waals surface area contributed by atoms with Crippen LogP contribution in [0.1, 0.15) is 22.4 Å². The molecule has 0 radical (unpaired) electrons. The van der Waals surface area contributed by atoms with Crippen LogP contribution in [0.25, 0.3) is 0 Å². The highest BCUT2D eigenvalue weighted by atomic mass is 15.2. The topological polar surface area (TPSA) is 53.9 Å². The molecule has 25 heavy (non-hydrogen) atoms. The zero-order valence-electron chi connectivity index (χ0n) is 14.9. The summed E-state index contributed by atoms with van der Waals surface area (Å²) in [6, 6.07) is 14.5. The van der Waals surface area contributed by atoms with Gasteiger partial charge in [-0.15, -0.1) is 0 Å². The van der Waals surface area contributed by atoms with Gasteiger partial charge in [0, 0.05) is 43.2 Å². The van der Waals surface area contributed by atoms with Crippen LogP contribution in [0.4, 0.5) is 11.6 Å². The highest BCUT2D eigenvalue weighted by Crippen LogP contribution is 2.20. The molecule has 5 nitrogen and oxygen atoms in total. The van der Waals surface area contributed by atoms with E-state index in [-0.39, 0.29) is 0 Å². The Morgan fingerprint density at radius 2 is 1.76 bits per heavy atom. The first-order chi connectivity index (χ1) is 12.1. The number of aryl methyl sites for hydroxylation is 1. The van der Waals surface area contributed by atoms with E-state index in [2.05, 4.69) is 62.5 Å². The molecule has 0 saturated heterocycles. The number of hydrogen-bond acceptors (Lipinski definition) is 5. The Labute approximate surface area is 148 Å². The number of aromatic nitrogens is 3. The summed E-state index contributed by atoms with van der Waals surface area (Å²) in [5, 5.41) is 3.41. The monoisotopic (exact) mass is 333 g/mol. The zero-order valence-corrected chi connectivity index (χ0v) is 14.9. The van der Waals surface area contributed by atoms with Gasteiger partial charge in [-0.2, -0.15) is 0 Å². The summed E-state index contributed by atoms with van der Waals surface area (Å²) in [6.45, 7) is 5.50. The average Bonchev–Trinajstić information content (AvgIpc) is 2.64. The van der Waals surface area contributed by atoms with Crippen molar-refractivity contribution in [3.8, 4) is 0 Å². The number of benzene rings is 1. The molecule has 0 aliphatic rings. The maximum Gasteiger partial charge on any atom is 0.133 e. The van der Waals surface area contributed by atoms with Crippen LogP contribution >= 0.6 is 0 Å². The summed E-state index contributed by atoms with van der Waals surface area (Å²) in [5.74, 6) is 1.84. The van der Waals surface area contributed by atoms with Crippen LogP contribution in [-0.4, -0.2) is 22.0 Å². The molecule has 0 spiro atoms. The molecule has 0 fully saturated rings. The first kappa shape index (κ1) is 16.9. The third-order valence-corrected chi connectivity index (χ3v) is 4.27. The first-order valence-corrected chi connectivity index (χ1v) is 8.36. The minimum absolute atomic E-state index is 0.666. The van der Waals surface area contributed by atoms with Crippen molar-refractivity contribution < 1.29 is 0 Å². The largest absolute Gasteiger partial charge is 0.366 e. The molecule has 2 aromatic heterocycles. The van der Waals surface area contributed by atoms with E-state index in [1.165, 1.54) is 5.56 Å². The molecule has 0 unspecified atom stereocenters. The van der Waals surface area contributed by atoms with E-state index in [9.17, 15) is 0 Å². The molecule has 1 aromatic carbocycles. The summed E-state index contributed by atoms with van der Waals surface area (Å²) in [4.78, 5) is 15.3. The summed E-state index contributed by atoms with van der Waals surface area (Å²) in [5.41, 5.74) is 4.46. The molecule has 1 N–H and O–H groups in total. The fourth-order valence-electron chi connectivity index (χ4n) is 2.74. The number of pyridine rings is 1. The van der Waals surface area contributed by atoms with E-state index in [0.29, 0.717) is 6.54 Å². The summed E-state index contributed by atoms with van der Waals surface area (Å²) < 4.78 is 0. The maximum absolute atomic E-state index is 4.58. The van der Waals surface area contributed by atoms with E-state index in [0.717, 1.165) is 35.0 Å². The number of nitrogens with one attached hydrogen (secondary N) is 1. The first-order valence-electron chi connectivity index (χ1n) is 8.36. The second-order valence-electron chi connectivity index (χ2n) is 6.11. The summed E-state index contributed by atoms with van der Waals surface area (Å²) in [6.07, 6.45) is 3.43. The normalized spacial score (nSPS) is 10.5. The van der Waals surface area contributed by atoms with Crippen molar-refractivity contribution in [2.24, 2.45) is 0 Å². The van der Waals surface area contributed by atoms with Crippen LogP contribution in [0.15, 0.2) is 55.0 Å². The van der Waals surface area contributed by atoms with Gasteiger partial charge < -0.3 is 10.2 Å². The standard InChI is InChI=1S/C20H23N5/c1-15-16(2)23-14-24-19(15)22-12-18-10-7-11-21-20(18)25(3)13-17-8-5-4-6-9-17/h4-11,14H,12-13H2,1-3H3,(H,22,23,24). The van der Waals surface area contributed by atoms with Crippen molar-refractivity contribution in [2.45, 2.75) is 26.9 Å². The van der Waals surface area contributed by atoms with Gasteiger partial charge in [0.1, 0.15) is 18.0 Å². The van der Waals surface area contributed by atoms with Gasteiger partial charge in [-0.1, -0.05) is 36.4 Å². The van der Waals surface area contributed by atoms with Crippen LogP contribution in [-0.2, 0) is 13.1 Å². The van der Waals surface area contributed by atoms with Crippen LogP contribution in [0.2, 0.25) is 0 Å². The molecule has 128 valence electrons. The molecule has 2 heterocycles. The Balaban J connectivity index is 1.75. The predicted octanol–water partition coefficient (Wildman–Crippen LogP) is 3.74. The van der Waals surface area contributed by atoms with Crippen molar-refractivity contribution in [1.82, 2.24) is 15.0 Å². The quantitative estimate of drug-likeness (QED) is 0.745. The number of rotatable bonds is 6. The number of hydrogen-bond donors (Lipinski definition) is 1. The number of nitrogens with zero attached hydrogens (tertiary/aromatic N) is 4. The van der Waals surface area contributed by atoms with Crippen molar-refractivity contribution >= 4 is 11.6 Å². The fraction of sp³-hybridized carbons (Fsp3) is 0.250. The molecule has 0 bridgehead atoms. The minimum Gasteiger partial charge on any atom is -0.366 e. The lowest BCUT2D eigenvalue weighted by Gasteiger charge is -2.21. The van der Waals surface area contributed by atoms with E-state index in [1.807, 2.05) is 32.2 Å². The highest BCUT2D eigenvalue weighted by Gasteiger charge is 2.10. The lowest BCUT2D eigenvalue weighted by Crippen LogP contribution is -2.20. The van der Waals surface area contributed by atoms with Crippen molar-refractivity contribution in [2.75, 3.05) is 17.3 Å². The van der Waals surface area contributed by atoms with Gasteiger partial charge in [-0.3, -0.25) is 0 Å². The lowest BCUT2D eigenvalue weighted by atomic mass is 10.2. The van der Waals surface area contributed by atoms with Crippen LogP contribution in [0.5, 0.6) is 0 Å². The Bertz CT molecular complexity index is 832. The average molecular weight is 333 g/mol. The molecular weight excluding hydrogens is 310 g/mol. The van der Waals surface area contributed by atoms with E-state index in [4.69, 9.17) is 0 Å². The minimum atomic E-state index is 0.666. The smallest absolute Gasteiger partial charge is 0.133 e. The Morgan fingerprint density at radius 3 is 2.56 bits per heavy atom. The second kappa shape index (κ2) is 7.75. The predicted molar refractivity (Wildman–Crippen MR) is 102 cm³/mol. The Morgan fingerprint density at radius 1 is 0.960 bits per heavy atom. The molecule has 0 amide bonds. The van der Waals surface area contributed by atoms with Gasteiger partial charge in [0.2, 0.25) is 0 Å². The van der Waals surface area contributed by atoms with E-state index in [1.54, 1.807) is 6.33 Å². The van der Waals surface area contributed by atoms with Crippen molar-refractivity contribution in [1.29, 1.82) is 0 Å². The van der Waals surface area contributed by atoms with Gasteiger partial charge >= 0.3 is 0 Å². The van der Waals surface area contributed by atoms with Crippen LogP contribution < -0.4 is 10.2 Å². The van der Waals surface area contributed by atoms with Gasteiger partial charge in [0.25, 0.3) is 0 Å². The molecule has 0 atom stereocenters. The SMILES string of the molecule is Cc1ncnc(NCc2cccnc2N(C)Cc2ccccc2)c1C. The zero-order chi connectivity index (χ0) is 17.6. The molecule has 5 heteroatoms. The summed E-state index contributed by atoms with van der Waals surface area (Å²) >= 11 is 0. The summed E-state index contributed by atoms with van der Waals surface area (Å²) in [7, 11) is 2.07. The third-order valence-electron chi connectivity index (χ3n) is 4.27. The molecule has 3 aromatic rings. The molecule has 0 aliphatic heterocycles. The Kier molecular flexibility index (Phi) is 5.23. The van der Waals surface area contributed by atoms with E-state index < -0.39 is 0 Å². The van der Waals surface area contributed by atoms with Gasteiger partial charge in [-0.25, -0.2) is 15.0 Å².